The number of para-hydroxylation sites is 1. The molecule has 1 unspecified atom stereocenters. The number of carbonyl (C=O) groups excluding carboxylic acids is 1. The zero-order chi connectivity index (χ0) is 20.9. The fourth-order valence-corrected chi connectivity index (χ4v) is 4.20. The molecule has 1 amide bonds. The fraction of sp³-hybridized carbons (Fsp3) is 0.409. The van der Waals surface area contributed by atoms with E-state index in [9.17, 15) is 13.2 Å². The smallest absolute Gasteiger partial charge is 0.244 e. The molecule has 0 bridgehead atoms. The lowest BCUT2D eigenvalue weighted by Gasteiger charge is -2.36. The highest BCUT2D eigenvalue weighted by molar-refractivity contribution is 7.90. The van der Waals surface area contributed by atoms with Crippen molar-refractivity contribution in [3.63, 3.8) is 0 Å². The summed E-state index contributed by atoms with van der Waals surface area (Å²) < 4.78 is 28.7. The Kier molecular flexibility index (Phi) is 6.92. The Labute approximate surface area is 173 Å². The normalized spacial score (nSPS) is 17.6. The second-order valence-electron chi connectivity index (χ2n) is 7.41. The lowest BCUT2D eigenvalue weighted by atomic mass is 10.0. The van der Waals surface area contributed by atoms with Crippen molar-refractivity contribution in [1.29, 1.82) is 0 Å². The van der Waals surface area contributed by atoms with E-state index in [4.69, 9.17) is 4.74 Å². The number of sulfone groups is 1. The van der Waals surface area contributed by atoms with Gasteiger partial charge in [0, 0.05) is 25.0 Å². The summed E-state index contributed by atoms with van der Waals surface area (Å²) in [7, 11) is -1.21. The molecule has 1 saturated heterocycles. The number of rotatable bonds is 8. The first-order valence-corrected chi connectivity index (χ1v) is 11.7. The first-order valence-electron chi connectivity index (χ1n) is 9.86. The van der Waals surface area contributed by atoms with Gasteiger partial charge in [-0.15, -0.1) is 0 Å². The average molecular weight is 417 g/mol. The Morgan fingerprint density at radius 3 is 2.45 bits per heavy atom. The average Bonchev–Trinajstić information content (AvgIpc) is 2.71. The van der Waals surface area contributed by atoms with Crippen LogP contribution in [0.2, 0.25) is 0 Å². The number of benzene rings is 2. The topological polar surface area (TPSA) is 66.9 Å². The standard InChI is InChI=1S/C22H28N2O4S/c1-23(15-7-17-28-19-11-13-20(14-12-19)29(2,26)27)21-10-6-16-24(22(21)25)18-8-4-3-5-9-18/h3-5,8-9,11-14,21H,6-7,10,15-17H2,1-2H3. The van der Waals surface area contributed by atoms with Crippen molar-refractivity contribution in [2.75, 3.05) is 37.9 Å². The molecule has 0 spiro atoms. The van der Waals surface area contributed by atoms with Crippen LogP contribution in [0.15, 0.2) is 59.5 Å². The van der Waals surface area contributed by atoms with Gasteiger partial charge in [-0.2, -0.15) is 0 Å². The summed E-state index contributed by atoms with van der Waals surface area (Å²) in [5.74, 6) is 0.797. The van der Waals surface area contributed by atoms with E-state index < -0.39 is 9.84 Å². The van der Waals surface area contributed by atoms with E-state index in [2.05, 4.69) is 4.90 Å². The van der Waals surface area contributed by atoms with Crippen LogP contribution in [-0.2, 0) is 14.6 Å². The lowest BCUT2D eigenvalue weighted by Crippen LogP contribution is -2.51. The Bertz CT molecular complexity index is 914. The molecule has 1 heterocycles. The van der Waals surface area contributed by atoms with Gasteiger partial charge in [-0.1, -0.05) is 18.2 Å². The molecule has 0 aliphatic carbocycles. The second-order valence-corrected chi connectivity index (χ2v) is 9.43. The molecule has 0 aromatic heterocycles. The van der Waals surface area contributed by atoms with Gasteiger partial charge >= 0.3 is 0 Å². The summed E-state index contributed by atoms with van der Waals surface area (Å²) in [6.45, 7) is 2.02. The van der Waals surface area contributed by atoms with Crippen LogP contribution < -0.4 is 9.64 Å². The summed E-state index contributed by atoms with van der Waals surface area (Å²) in [4.78, 5) is 17.2. The van der Waals surface area contributed by atoms with Crippen LogP contribution >= 0.6 is 0 Å². The first kappa shape index (κ1) is 21.3. The number of carbonyl (C=O) groups is 1. The third-order valence-electron chi connectivity index (χ3n) is 5.19. The number of hydrogen-bond acceptors (Lipinski definition) is 5. The van der Waals surface area contributed by atoms with Crippen LogP contribution in [0, 0.1) is 0 Å². The Morgan fingerprint density at radius 2 is 1.79 bits per heavy atom. The molecule has 156 valence electrons. The number of nitrogens with zero attached hydrogens (tertiary/aromatic N) is 2. The van der Waals surface area contributed by atoms with Crippen molar-refractivity contribution < 1.29 is 17.9 Å². The molecule has 1 atom stereocenters. The maximum absolute atomic E-state index is 12.9. The maximum Gasteiger partial charge on any atom is 0.244 e. The summed E-state index contributed by atoms with van der Waals surface area (Å²) >= 11 is 0. The summed E-state index contributed by atoms with van der Waals surface area (Å²) in [5.41, 5.74) is 0.955. The predicted molar refractivity (Wildman–Crippen MR) is 114 cm³/mol. The van der Waals surface area contributed by atoms with Crippen LogP contribution in [0.25, 0.3) is 0 Å². The molecular formula is C22H28N2O4S. The molecule has 1 aliphatic rings. The Morgan fingerprint density at radius 1 is 1.10 bits per heavy atom. The van der Waals surface area contributed by atoms with Crippen LogP contribution in [0.4, 0.5) is 5.69 Å². The number of anilines is 1. The maximum atomic E-state index is 12.9. The van der Waals surface area contributed by atoms with Gasteiger partial charge in [0.15, 0.2) is 9.84 Å². The zero-order valence-corrected chi connectivity index (χ0v) is 17.8. The predicted octanol–water partition coefficient (Wildman–Crippen LogP) is 2.99. The van der Waals surface area contributed by atoms with Crippen molar-refractivity contribution in [2.45, 2.75) is 30.2 Å². The van der Waals surface area contributed by atoms with E-state index in [1.165, 1.54) is 6.26 Å². The van der Waals surface area contributed by atoms with Crippen LogP contribution in [0.3, 0.4) is 0 Å². The van der Waals surface area contributed by atoms with Gasteiger partial charge in [0.05, 0.1) is 17.5 Å². The SMILES string of the molecule is CN(CCCOc1ccc(S(C)(=O)=O)cc1)C1CCCN(c2ccccc2)C1=O. The van der Waals surface area contributed by atoms with Gasteiger partial charge in [0.1, 0.15) is 5.75 Å². The monoisotopic (exact) mass is 416 g/mol. The molecule has 29 heavy (non-hydrogen) atoms. The van der Waals surface area contributed by atoms with E-state index in [1.807, 2.05) is 42.3 Å². The number of piperidine rings is 1. The van der Waals surface area contributed by atoms with E-state index in [-0.39, 0.29) is 16.8 Å². The fourth-order valence-electron chi connectivity index (χ4n) is 3.57. The highest BCUT2D eigenvalue weighted by atomic mass is 32.2. The Hall–Kier alpha value is -2.38. The molecule has 7 heteroatoms. The number of hydrogen-bond donors (Lipinski definition) is 0. The van der Waals surface area contributed by atoms with Gasteiger partial charge in [-0.05, 0) is 62.7 Å². The van der Waals surface area contributed by atoms with Gasteiger partial charge < -0.3 is 9.64 Å². The molecule has 2 aromatic rings. The molecule has 0 radical (unpaired) electrons. The summed E-state index contributed by atoms with van der Waals surface area (Å²) in [6.07, 6.45) is 3.81. The van der Waals surface area contributed by atoms with Gasteiger partial charge in [0.2, 0.25) is 5.91 Å². The van der Waals surface area contributed by atoms with Crippen molar-refractivity contribution in [3.8, 4) is 5.75 Å². The quantitative estimate of drug-likeness (QED) is 0.619. The largest absolute Gasteiger partial charge is 0.494 e. The third kappa shape index (κ3) is 5.58. The molecule has 2 aromatic carbocycles. The van der Waals surface area contributed by atoms with Gasteiger partial charge in [-0.3, -0.25) is 9.69 Å². The van der Waals surface area contributed by atoms with E-state index in [0.717, 1.165) is 38.0 Å². The van der Waals surface area contributed by atoms with Crippen LogP contribution in [-0.4, -0.2) is 58.3 Å². The molecule has 3 rings (SSSR count). The molecular weight excluding hydrogens is 388 g/mol. The molecule has 6 nitrogen and oxygen atoms in total. The zero-order valence-electron chi connectivity index (χ0n) is 17.0. The van der Waals surface area contributed by atoms with Crippen molar-refractivity contribution in [1.82, 2.24) is 4.90 Å². The third-order valence-corrected chi connectivity index (χ3v) is 6.31. The highest BCUT2D eigenvalue weighted by Gasteiger charge is 2.32. The number of likely N-dealkylation sites (N-methyl/N-ethyl adjacent to an activating group) is 1. The molecule has 0 saturated carbocycles. The minimum atomic E-state index is -3.20. The van der Waals surface area contributed by atoms with Crippen LogP contribution in [0.5, 0.6) is 5.75 Å². The lowest BCUT2D eigenvalue weighted by molar-refractivity contribution is -0.124. The number of amides is 1. The van der Waals surface area contributed by atoms with Gasteiger partial charge in [0.25, 0.3) is 0 Å². The molecule has 1 fully saturated rings. The highest BCUT2D eigenvalue weighted by Crippen LogP contribution is 2.23. The first-order chi connectivity index (χ1) is 13.9. The van der Waals surface area contributed by atoms with Crippen molar-refractivity contribution in [2.24, 2.45) is 0 Å². The van der Waals surface area contributed by atoms with Gasteiger partial charge in [-0.25, -0.2) is 8.42 Å². The van der Waals surface area contributed by atoms with Crippen molar-refractivity contribution >= 4 is 21.4 Å². The summed E-state index contributed by atoms with van der Waals surface area (Å²) in [5, 5.41) is 0. The van der Waals surface area contributed by atoms with Crippen LogP contribution in [0.1, 0.15) is 19.3 Å². The number of ether oxygens (including phenoxy) is 1. The van der Waals surface area contributed by atoms with E-state index >= 15 is 0 Å². The molecule has 0 N–H and O–H groups in total. The van der Waals surface area contributed by atoms with E-state index in [1.54, 1.807) is 24.3 Å². The second kappa shape index (κ2) is 9.41. The summed E-state index contributed by atoms with van der Waals surface area (Å²) in [6, 6.07) is 16.1. The Balaban J connectivity index is 1.48. The van der Waals surface area contributed by atoms with E-state index in [0.29, 0.717) is 12.4 Å². The molecule has 1 aliphatic heterocycles. The minimum Gasteiger partial charge on any atom is -0.494 e. The van der Waals surface area contributed by atoms with Crippen molar-refractivity contribution in [3.05, 3.63) is 54.6 Å². The minimum absolute atomic E-state index is 0.113.